The minimum Gasteiger partial charge on any atom is -0.491 e. The molecule has 29 heavy (non-hydrogen) atoms. The van der Waals surface area contributed by atoms with Gasteiger partial charge in [0.25, 0.3) is 0 Å². The van der Waals surface area contributed by atoms with Crippen LogP contribution < -0.4 is 20.1 Å². The van der Waals surface area contributed by atoms with Gasteiger partial charge in [0, 0.05) is 38.4 Å². The zero-order chi connectivity index (χ0) is 20.9. The molecule has 0 atom stereocenters. The van der Waals surface area contributed by atoms with Gasteiger partial charge < -0.3 is 24.8 Å². The van der Waals surface area contributed by atoms with Crippen LogP contribution in [-0.2, 0) is 17.8 Å². The molecular weight excluding hydrogens is 366 g/mol. The monoisotopic (exact) mass is 397 g/mol. The van der Waals surface area contributed by atoms with E-state index in [1.807, 2.05) is 37.3 Å². The summed E-state index contributed by atoms with van der Waals surface area (Å²) in [5.41, 5.74) is 3.26. The highest BCUT2D eigenvalue weighted by Gasteiger charge is 2.07. The number of hydrogen-bond donors (Lipinski definition) is 2. The number of rotatable bonds is 11. The van der Waals surface area contributed by atoms with Gasteiger partial charge in [-0.15, -0.1) is 0 Å². The van der Waals surface area contributed by atoms with E-state index in [-0.39, 0.29) is 0 Å². The van der Waals surface area contributed by atoms with Crippen LogP contribution in [0.25, 0.3) is 0 Å². The third kappa shape index (κ3) is 7.50. The standard InChI is InChI=1S/C23H31N3O3/c1-5-12-28-21-9-7-6-8-19(21)16-25-23(24-3)26-17-20-11-10-18(2)15-22(20)29-14-13-27-4/h5-11,15H,1,12-14,16-17H2,2-4H3,(H2,24,25,26). The number of benzene rings is 2. The van der Waals surface area contributed by atoms with Gasteiger partial charge in [-0.1, -0.05) is 43.0 Å². The molecule has 0 aliphatic carbocycles. The molecule has 0 saturated heterocycles. The molecule has 2 rings (SSSR count). The van der Waals surface area contributed by atoms with Crippen molar-refractivity contribution >= 4 is 5.96 Å². The Morgan fingerprint density at radius 3 is 2.41 bits per heavy atom. The molecule has 0 aromatic heterocycles. The van der Waals surface area contributed by atoms with Crippen molar-refractivity contribution in [3.05, 3.63) is 71.8 Å². The zero-order valence-electron chi connectivity index (χ0n) is 17.5. The van der Waals surface area contributed by atoms with Gasteiger partial charge in [0.1, 0.15) is 24.7 Å². The number of methoxy groups -OCH3 is 1. The molecule has 0 aliphatic heterocycles. The van der Waals surface area contributed by atoms with Crippen molar-refractivity contribution in [1.82, 2.24) is 10.6 Å². The highest BCUT2D eigenvalue weighted by Crippen LogP contribution is 2.20. The summed E-state index contributed by atoms with van der Waals surface area (Å²) in [5.74, 6) is 2.39. The van der Waals surface area contributed by atoms with Gasteiger partial charge in [-0.05, 0) is 24.6 Å². The molecule has 0 unspecified atom stereocenters. The first-order valence-electron chi connectivity index (χ1n) is 9.65. The van der Waals surface area contributed by atoms with E-state index in [2.05, 4.69) is 34.3 Å². The van der Waals surface area contributed by atoms with Crippen LogP contribution in [0.2, 0.25) is 0 Å². The van der Waals surface area contributed by atoms with Crippen LogP contribution in [0.15, 0.2) is 60.1 Å². The maximum Gasteiger partial charge on any atom is 0.191 e. The molecule has 2 aromatic carbocycles. The SMILES string of the molecule is C=CCOc1ccccc1CNC(=NC)NCc1ccc(C)cc1OCCOC. The fourth-order valence-electron chi connectivity index (χ4n) is 2.70. The van der Waals surface area contributed by atoms with Gasteiger partial charge >= 0.3 is 0 Å². The molecule has 2 aromatic rings. The number of nitrogens with one attached hydrogen (secondary N) is 2. The molecule has 0 spiro atoms. The molecule has 0 aliphatic rings. The van der Waals surface area contributed by atoms with E-state index < -0.39 is 0 Å². The smallest absolute Gasteiger partial charge is 0.191 e. The maximum atomic E-state index is 5.86. The first-order chi connectivity index (χ1) is 14.2. The molecule has 2 N–H and O–H groups in total. The van der Waals surface area contributed by atoms with Crippen molar-refractivity contribution in [1.29, 1.82) is 0 Å². The van der Waals surface area contributed by atoms with Crippen LogP contribution in [0.1, 0.15) is 16.7 Å². The van der Waals surface area contributed by atoms with Crippen LogP contribution in [0, 0.1) is 6.92 Å². The summed E-state index contributed by atoms with van der Waals surface area (Å²) in [4.78, 5) is 4.31. The number of ether oxygens (including phenoxy) is 3. The Bertz CT molecular complexity index is 806. The Morgan fingerprint density at radius 1 is 1.00 bits per heavy atom. The molecular formula is C23H31N3O3. The highest BCUT2D eigenvalue weighted by atomic mass is 16.5. The lowest BCUT2D eigenvalue weighted by Gasteiger charge is -2.16. The van der Waals surface area contributed by atoms with Gasteiger partial charge in [-0.3, -0.25) is 4.99 Å². The summed E-state index contributed by atoms with van der Waals surface area (Å²) in [6, 6.07) is 14.1. The van der Waals surface area contributed by atoms with E-state index >= 15 is 0 Å². The first-order valence-corrected chi connectivity index (χ1v) is 9.65. The Kier molecular flexibility index (Phi) is 9.59. The number of aliphatic imine (C=N–C) groups is 1. The predicted molar refractivity (Wildman–Crippen MR) is 118 cm³/mol. The fraction of sp³-hybridized carbons (Fsp3) is 0.348. The molecule has 0 saturated carbocycles. The molecule has 0 bridgehead atoms. The summed E-state index contributed by atoms with van der Waals surface area (Å²) in [7, 11) is 3.42. The topological polar surface area (TPSA) is 64.1 Å². The van der Waals surface area contributed by atoms with Crippen LogP contribution >= 0.6 is 0 Å². The largest absolute Gasteiger partial charge is 0.491 e. The van der Waals surface area contributed by atoms with Crippen LogP contribution in [0.4, 0.5) is 0 Å². The third-order valence-electron chi connectivity index (χ3n) is 4.21. The predicted octanol–water partition coefficient (Wildman–Crippen LogP) is 3.45. The van der Waals surface area contributed by atoms with E-state index in [0.717, 1.165) is 28.2 Å². The Morgan fingerprint density at radius 2 is 1.72 bits per heavy atom. The minimum absolute atomic E-state index is 0.475. The van der Waals surface area contributed by atoms with Gasteiger partial charge in [-0.2, -0.15) is 0 Å². The van der Waals surface area contributed by atoms with E-state index in [4.69, 9.17) is 14.2 Å². The molecule has 0 amide bonds. The van der Waals surface area contributed by atoms with Crippen LogP contribution in [0.3, 0.4) is 0 Å². The molecule has 156 valence electrons. The van der Waals surface area contributed by atoms with Crippen molar-refractivity contribution in [2.45, 2.75) is 20.0 Å². The second kappa shape index (κ2) is 12.5. The lowest BCUT2D eigenvalue weighted by Crippen LogP contribution is -2.36. The fourth-order valence-corrected chi connectivity index (χ4v) is 2.70. The summed E-state index contributed by atoms with van der Waals surface area (Å²) in [6.07, 6.45) is 1.73. The van der Waals surface area contributed by atoms with Crippen molar-refractivity contribution in [3.8, 4) is 11.5 Å². The van der Waals surface area contributed by atoms with Crippen molar-refractivity contribution in [2.24, 2.45) is 4.99 Å². The van der Waals surface area contributed by atoms with Gasteiger partial charge in [0.15, 0.2) is 5.96 Å². The van der Waals surface area contributed by atoms with Gasteiger partial charge in [0.2, 0.25) is 0 Å². The number of nitrogens with zero attached hydrogens (tertiary/aromatic N) is 1. The number of para-hydroxylation sites is 1. The molecule has 6 heteroatoms. The summed E-state index contributed by atoms with van der Waals surface area (Å²) < 4.78 is 16.6. The Labute approximate surface area is 173 Å². The Hall–Kier alpha value is -2.99. The average Bonchev–Trinajstić information content (AvgIpc) is 2.74. The molecule has 0 radical (unpaired) electrons. The number of hydrogen-bond acceptors (Lipinski definition) is 4. The summed E-state index contributed by atoms with van der Waals surface area (Å²) >= 11 is 0. The van der Waals surface area contributed by atoms with E-state index in [0.29, 0.717) is 38.9 Å². The Balaban J connectivity index is 1.95. The lowest BCUT2D eigenvalue weighted by molar-refractivity contribution is 0.145. The van der Waals surface area contributed by atoms with Gasteiger partial charge in [0.05, 0.1) is 6.61 Å². The van der Waals surface area contributed by atoms with E-state index in [1.54, 1.807) is 20.2 Å². The number of guanidine groups is 1. The molecule has 0 fully saturated rings. The normalized spacial score (nSPS) is 11.1. The lowest BCUT2D eigenvalue weighted by atomic mass is 10.1. The van der Waals surface area contributed by atoms with E-state index in [9.17, 15) is 0 Å². The first kappa shape index (κ1) is 22.3. The third-order valence-corrected chi connectivity index (χ3v) is 4.21. The second-order valence-electron chi connectivity index (χ2n) is 6.44. The maximum absolute atomic E-state index is 5.86. The summed E-state index contributed by atoms with van der Waals surface area (Å²) in [5, 5.41) is 6.67. The summed E-state index contributed by atoms with van der Waals surface area (Å²) in [6.45, 7) is 8.48. The second-order valence-corrected chi connectivity index (χ2v) is 6.44. The highest BCUT2D eigenvalue weighted by molar-refractivity contribution is 5.79. The average molecular weight is 398 g/mol. The van der Waals surface area contributed by atoms with Crippen molar-refractivity contribution in [2.75, 3.05) is 34.0 Å². The zero-order valence-corrected chi connectivity index (χ0v) is 17.5. The van der Waals surface area contributed by atoms with E-state index in [1.165, 1.54) is 0 Å². The van der Waals surface area contributed by atoms with Gasteiger partial charge in [-0.25, -0.2) is 0 Å². The van der Waals surface area contributed by atoms with Crippen molar-refractivity contribution < 1.29 is 14.2 Å². The van der Waals surface area contributed by atoms with Crippen LogP contribution in [-0.4, -0.2) is 39.9 Å². The number of aryl methyl sites for hydroxylation is 1. The molecule has 0 heterocycles. The quantitative estimate of drug-likeness (QED) is 0.263. The van der Waals surface area contributed by atoms with Crippen LogP contribution in [0.5, 0.6) is 11.5 Å². The minimum atomic E-state index is 0.475. The van der Waals surface area contributed by atoms with Crippen molar-refractivity contribution in [3.63, 3.8) is 0 Å². The molecule has 6 nitrogen and oxygen atoms in total.